The van der Waals surface area contributed by atoms with Gasteiger partial charge in [0.25, 0.3) is 5.91 Å². The zero-order valence-corrected chi connectivity index (χ0v) is 15.6. The first-order chi connectivity index (χ1) is 12.2. The summed E-state index contributed by atoms with van der Waals surface area (Å²) in [5, 5.41) is 13.3. The van der Waals surface area contributed by atoms with Gasteiger partial charge in [-0.1, -0.05) is 54.1 Å². The van der Waals surface area contributed by atoms with E-state index in [9.17, 15) is 4.79 Å². The average Bonchev–Trinajstić information content (AvgIpc) is 3.33. The first-order valence-corrected chi connectivity index (χ1v) is 10.2. The second-order valence-corrected chi connectivity index (χ2v) is 8.64. The van der Waals surface area contributed by atoms with Gasteiger partial charge in [0.1, 0.15) is 10.6 Å². The van der Waals surface area contributed by atoms with Crippen LogP contribution in [0.15, 0.2) is 33.0 Å². The Morgan fingerprint density at radius 3 is 2.88 bits per heavy atom. The predicted molar refractivity (Wildman–Crippen MR) is 100 cm³/mol. The van der Waals surface area contributed by atoms with E-state index in [2.05, 4.69) is 15.5 Å². The Bertz CT molecular complexity index is 897. The molecule has 7 heteroatoms. The Hall–Kier alpha value is -1.86. The molecule has 130 valence electrons. The first kappa shape index (κ1) is 16.6. The third kappa shape index (κ3) is 3.57. The Balaban J connectivity index is 1.61. The molecule has 0 unspecified atom stereocenters. The van der Waals surface area contributed by atoms with Crippen LogP contribution in [-0.2, 0) is 5.75 Å². The number of nitrogens with zero attached hydrogens (tertiary/aromatic N) is 2. The van der Waals surface area contributed by atoms with Crippen molar-refractivity contribution in [1.29, 1.82) is 0 Å². The van der Waals surface area contributed by atoms with Crippen LogP contribution in [0.25, 0.3) is 11.0 Å². The van der Waals surface area contributed by atoms with E-state index in [4.69, 9.17) is 4.42 Å². The maximum absolute atomic E-state index is 12.8. The van der Waals surface area contributed by atoms with Crippen molar-refractivity contribution in [2.24, 2.45) is 0 Å². The summed E-state index contributed by atoms with van der Waals surface area (Å²) >= 11 is 3.16. The average molecular weight is 374 g/mol. The largest absolute Gasteiger partial charge is 0.451 e. The van der Waals surface area contributed by atoms with Crippen LogP contribution in [0.4, 0.5) is 0 Å². The maximum Gasteiger partial charge on any atom is 0.287 e. The summed E-state index contributed by atoms with van der Waals surface area (Å²) in [6.45, 7) is 1.94. The van der Waals surface area contributed by atoms with E-state index >= 15 is 0 Å². The van der Waals surface area contributed by atoms with Crippen molar-refractivity contribution >= 4 is 40.0 Å². The van der Waals surface area contributed by atoms with Gasteiger partial charge in [0.15, 0.2) is 10.1 Å². The van der Waals surface area contributed by atoms with Gasteiger partial charge in [0.05, 0.1) is 0 Å². The summed E-state index contributed by atoms with van der Waals surface area (Å²) < 4.78 is 6.81. The van der Waals surface area contributed by atoms with Crippen LogP contribution in [-0.4, -0.2) is 22.1 Å². The molecule has 0 radical (unpaired) electrons. The zero-order valence-electron chi connectivity index (χ0n) is 13.9. The molecule has 0 atom stereocenters. The number of carbonyl (C=O) groups is 1. The highest BCUT2D eigenvalue weighted by atomic mass is 32.2. The first-order valence-electron chi connectivity index (χ1n) is 8.45. The summed E-state index contributed by atoms with van der Waals surface area (Å²) in [6.07, 6.45) is 4.48. The molecule has 0 saturated heterocycles. The van der Waals surface area contributed by atoms with E-state index in [0.717, 1.165) is 38.7 Å². The molecule has 4 rings (SSSR count). The molecular formula is C18H19N3O2S2. The fourth-order valence-corrected chi connectivity index (χ4v) is 5.06. The van der Waals surface area contributed by atoms with Crippen LogP contribution in [0, 0.1) is 6.92 Å². The number of nitrogens with one attached hydrogen (secondary N) is 1. The molecule has 0 spiro atoms. The van der Waals surface area contributed by atoms with Crippen LogP contribution < -0.4 is 5.32 Å². The summed E-state index contributed by atoms with van der Waals surface area (Å²) in [4.78, 5) is 12.8. The van der Waals surface area contributed by atoms with Crippen molar-refractivity contribution in [3.05, 3.63) is 40.6 Å². The van der Waals surface area contributed by atoms with Crippen molar-refractivity contribution in [2.45, 2.75) is 48.7 Å². The number of fused-ring (bicyclic) bond motifs is 1. The lowest BCUT2D eigenvalue weighted by atomic mass is 10.1. The zero-order chi connectivity index (χ0) is 17.2. The maximum atomic E-state index is 12.8. The van der Waals surface area contributed by atoms with E-state index < -0.39 is 0 Å². The van der Waals surface area contributed by atoms with Crippen molar-refractivity contribution in [3.8, 4) is 0 Å². The number of hydrogen-bond acceptors (Lipinski definition) is 6. The molecule has 2 heterocycles. The molecule has 1 saturated carbocycles. The van der Waals surface area contributed by atoms with E-state index in [-0.39, 0.29) is 11.9 Å². The SMILES string of the molecule is Cc1nnc(SCc2c(C(=O)NC3CCCC3)oc3ccccc23)s1. The molecule has 1 aromatic carbocycles. The van der Waals surface area contributed by atoms with Gasteiger partial charge >= 0.3 is 0 Å². The van der Waals surface area contributed by atoms with Crippen LogP contribution >= 0.6 is 23.1 Å². The van der Waals surface area contributed by atoms with Crippen LogP contribution in [0.3, 0.4) is 0 Å². The van der Waals surface area contributed by atoms with Crippen LogP contribution in [0.1, 0.15) is 46.8 Å². The second-order valence-electron chi connectivity index (χ2n) is 6.24. The number of aromatic nitrogens is 2. The third-order valence-electron chi connectivity index (χ3n) is 4.44. The number of hydrogen-bond donors (Lipinski definition) is 1. The normalized spacial score (nSPS) is 15.1. The van der Waals surface area contributed by atoms with Crippen LogP contribution in [0.5, 0.6) is 0 Å². The van der Waals surface area contributed by atoms with Gasteiger partial charge in [-0.05, 0) is 25.8 Å². The molecule has 1 N–H and O–H groups in total. The van der Waals surface area contributed by atoms with Gasteiger partial charge in [-0.25, -0.2) is 0 Å². The van der Waals surface area contributed by atoms with E-state index in [0.29, 0.717) is 11.5 Å². The van der Waals surface area contributed by atoms with Gasteiger partial charge < -0.3 is 9.73 Å². The molecule has 5 nitrogen and oxygen atoms in total. The minimum Gasteiger partial charge on any atom is -0.451 e. The Kier molecular flexibility index (Phi) is 4.76. The minimum atomic E-state index is -0.104. The fourth-order valence-electron chi connectivity index (χ4n) is 3.22. The van der Waals surface area contributed by atoms with E-state index in [1.165, 1.54) is 12.8 Å². The molecule has 0 bridgehead atoms. The molecule has 25 heavy (non-hydrogen) atoms. The smallest absolute Gasteiger partial charge is 0.287 e. The summed E-state index contributed by atoms with van der Waals surface area (Å²) in [5.74, 6) is 0.966. The minimum absolute atomic E-state index is 0.104. The molecule has 2 aromatic heterocycles. The number of para-hydroxylation sites is 1. The highest BCUT2D eigenvalue weighted by Crippen LogP contribution is 2.33. The third-order valence-corrected chi connectivity index (χ3v) is 6.44. The van der Waals surface area contributed by atoms with Crippen molar-refractivity contribution in [2.75, 3.05) is 0 Å². The topological polar surface area (TPSA) is 68.0 Å². The van der Waals surface area contributed by atoms with Gasteiger partial charge in [0, 0.05) is 22.7 Å². The van der Waals surface area contributed by atoms with Gasteiger partial charge in [0.2, 0.25) is 0 Å². The van der Waals surface area contributed by atoms with Gasteiger partial charge in [-0.2, -0.15) is 0 Å². The predicted octanol–water partition coefficient (Wildman–Crippen LogP) is 4.56. The number of thioether (sulfide) groups is 1. The number of amides is 1. The van der Waals surface area contributed by atoms with Crippen molar-refractivity contribution in [3.63, 3.8) is 0 Å². The standard InChI is InChI=1S/C18H19N3O2S2/c1-11-20-21-18(25-11)24-10-14-13-8-4-5-9-15(13)23-16(14)17(22)19-12-6-2-3-7-12/h4-5,8-9,12H,2-3,6-7,10H2,1H3,(H,19,22). The summed E-state index contributed by atoms with van der Waals surface area (Å²) in [7, 11) is 0. The Morgan fingerprint density at radius 1 is 1.32 bits per heavy atom. The monoisotopic (exact) mass is 373 g/mol. The Morgan fingerprint density at radius 2 is 2.12 bits per heavy atom. The number of rotatable bonds is 5. The molecule has 1 aliphatic rings. The number of aryl methyl sites for hydroxylation is 1. The van der Waals surface area contributed by atoms with Crippen molar-refractivity contribution < 1.29 is 9.21 Å². The fraction of sp³-hybridized carbons (Fsp3) is 0.389. The molecule has 3 aromatic rings. The summed E-state index contributed by atoms with van der Waals surface area (Å²) in [6, 6.07) is 8.08. The molecule has 0 aliphatic heterocycles. The number of carbonyl (C=O) groups excluding carboxylic acids is 1. The Labute approximate surface area is 154 Å². The highest BCUT2D eigenvalue weighted by molar-refractivity contribution is 8.00. The second kappa shape index (κ2) is 7.17. The molecular weight excluding hydrogens is 354 g/mol. The highest BCUT2D eigenvalue weighted by Gasteiger charge is 2.24. The lowest BCUT2D eigenvalue weighted by Gasteiger charge is -2.11. The van der Waals surface area contributed by atoms with Crippen molar-refractivity contribution in [1.82, 2.24) is 15.5 Å². The van der Waals surface area contributed by atoms with Gasteiger partial charge in [-0.3, -0.25) is 4.79 Å². The van der Waals surface area contributed by atoms with E-state index in [1.807, 2.05) is 31.2 Å². The molecule has 1 amide bonds. The lowest BCUT2D eigenvalue weighted by molar-refractivity contribution is 0.0911. The quantitative estimate of drug-likeness (QED) is 0.664. The van der Waals surface area contributed by atoms with E-state index in [1.54, 1.807) is 23.1 Å². The van der Waals surface area contributed by atoms with Gasteiger partial charge in [-0.15, -0.1) is 10.2 Å². The molecule has 1 aliphatic carbocycles. The molecule has 1 fully saturated rings. The number of benzene rings is 1. The summed E-state index contributed by atoms with van der Waals surface area (Å²) in [5.41, 5.74) is 1.69. The lowest BCUT2D eigenvalue weighted by Crippen LogP contribution is -2.32. The van der Waals surface area contributed by atoms with Crippen LogP contribution in [0.2, 0.25) is 0 Å². The number of furan rings is 1.